The van der Waals surface area contributed by atoms with E-state index >= 15 is 0 Å². The van der Waals surface area contributed by atoms with Gasteiger partial charge >= 0.3 is 0 Å². The quantitative estimate of drug-likeness (QED) is 0.671. The van der Waals surface area contributed by atoms with Gasteiger partial charge in [0.25, 0.3) is 5.91 Å². The van der Waals surface area contributed by atoms with Crippen LogP contribution in [0.3, 0.4) is 0 Å². The van der Waals surface area contributed by atoms with E-state index in [9.17, 15) is 9.18 Å². The van der Waals surface area contributed by atoms with E-state index in [2.05, 4.69) is 16.5 Å². The average molecular weight is 365 g/mol. The van der Waals surface area contributed by atoms with Crippen LogP contribution in [0.1, 0.15) is 47.2 Å². The summed E-state index contributed by atoms with van der Waals surface area (Å²) >= 11 is 0. The van der Waals surface area contributed by atoms with Crippen molar-refractivity contribution < 1.29 is 9.18 Å². The summed E-state index contributed by atoms with van der Waals surface area (Å²) in [5.74, 6) is -0.775. The van der Waals surface area contributed by atoms with Gasteiger partial charge in [-0.15, -0.1) is 0 Å². The van der Waals surface area contributed by atoms with Crippen LogP contribution >= 0.6 is 0 Å². The molecule has 0 saturated carbocycles. The van der Waals surface area contributed by atoms with Crippen LogP contribution in [-0.2, 0) is 13.0 Å². The Morgan fingerprint density at radius 2 is 1.93 bits per heavy atom. The molecule has 140 valence electrons. The van der Waals surface area contributed by atoms with Crippen LogP contribution in [0, 0.1) is 12.7 Å². The maximum Gasteiger partial charge on any atom is 0.251 e. The summed E-state index contributed by atoms with van der Waals surface area (Å²) in [6.07, 6.45) is 4.58. The zero-order valence-electron chi connectivity index (χ0n) is 15.7. The topological polar surface area (TPSA) is 60.9 Å². The summed E-state index contributed by atoms with van der Waals surface area (Å²) in [5.41, 5.74) is 10.6. The standard InChI is InChI=1S/C22H24FN3O/c1-3-4-8-19-21(16-9-11-17(23)12-10-16)20(22(24)27)15(2)26(19)14-18-7-5-6-13-25-18/h5-7,9-13H,3-4,8,14H2,1-2H3,(H2,24,27). The summed E-state index contributed by atoms with van der Waals surface area (Å²) in [6, 6.07) is 12.0. The number of primary amides is 1. The van der Waals surface area contributed by atoms with Gasteiger partial charge < -0.3 is 10.3 Å². The SMILES string of the molecule is CCCCc1c(-c2ccc(F)cc2)c(C(N)=O)c(C)n1Cc1ccccn1. The second-order valence-electron chi connectivity index (χ2n) is 6.66. The molecular formula is C22H24FN3O. The fourth-order valence-electron chi connectivity index (χ4n) is 3.50. The Hall–Kier alpha value is -2.95. The molecule has 1 aromatic carbocycles. The van der Waals surface area contributed by atoms with Gasteiger partial charge in [-0.1, -0.05) is 31.5 Å². The number of rotatable bonds is 7. The first-order chi connectivity index (χ1) is 13.0. The van der Waals surface area contributed by atoms with Crippen molar-refractivity contribution in [2.45, 2.75) is 39.7 Å². The molecule has 3 aromatic rings. The number of nitrogens with two attached hydrogens (primary N) is 1. The summed E-state index contributed by atoms with van der Waals surface area (Å²) in [5, 5.41) is 0. The summed E-state index contributed by atoms with van der Waals surface area (Å²) in [7, 11) is 0. The number of hydrogen-bond donors (Lipinski definition) is 1. The number of carbonyl (C=O) groups excluding carboxylic acids is 1. The van der Waals surface area contributed by atoms with Crippen LogP contribution in [0.4, 0.5) is 4.39 Å². The van der Waals surface area contributed by atoms with Gasteiger partial charge in [0.15, 0.2) is 0 Å². The highest BCUT2D eigenvalue weighted by Gasteiger charge is 2.24. The number of amides is 1. The van der Waals surface area contributed by atoms with Gasteiger partial charge in [-0.25, -0.2) is 4.39 Å². The molecule has 5 heteroatoms. The lowest BCUT2D eigenvalue weighted by atomic mass is 9.97. The molecule has 0 aliphatic heterocycles. The molecule has 0 saturated heterocycles. The van der Waals surface area contributed by atoms with Gasteiger partial charge in [0, 0.05) is 23.1 Å². The van der Waals surface area contributed by atoms with E-state index in [4.69, 9.17) is 5.73 Å². The van der Waals surface area contributed by atoms with Crippen molar-refractivity contribution in [1.29, 1.82) is 0 Å². The van der Waals surface area contributed by atoms with E-state index in [-0.39, 0.29) is 5.82 Å². The lowest BCUT2D eigenvalue weighted by Gasteiger charge is -2.13. The zero-order chi connectivity index (χ0) is 19.4. The molecule has 0 fully saturated rings. The van der Waals surface area contributed by atoms with Crippen LogP contribution in [0.25, 0.3) is 11.1 Å². The molecule has 2 heterocycles. The van der Waals surface area contributed by atoms with Gasteiger partial charge in [0.05, 0.1) is 17.8 Å². The van der Waals surface area contributed by atoms with Crippen molar-refractivity contribution in [2.24, 2.45) is 5.73 Å². The van der Waals surface area contributed by atoms with Crippen LogP contribution in [0.15, 0.2) is 48.7 Å². The number of halogens is 1. The number of hydrogen-bond acceptors (Lipinski definition) is 2. The fourth-order valence-corrected chi connectivity index (χ4v) is 3.50. The number of benzene rings is 1. The largest absolute Gasteiger partial charge is 0.366 e. The van der Waals surface area contributed by atoms with Crippen LogP contribution in [0.5, 0.6) is 0 Å². The minimum atomic E-state index is -0.468. The minimum absolute atomic E-state index is 0.306. The zero-order valence-corrected chi connectivity index (χ0v) is 15.7. The monoisotopic (exact) mass is 365 g/mol. The highest BCUT2D eigenvalue weighted by atomic mass is 19.1. The Bertz CT molecular complexity index is 930. The molecule has 0 bridgehead atoms. The summed E-state index contributed by atoms with van der Waals surface area (Å²) in [6.45, 7) is 4.60. The van der Waals surface area contributed by atoms with Crippen molar-refractivity contribution in [3.8, 4) is 11.1 Å². The van der Waals surface area contributed by atoms with Crippen molar-refractivity contribution in [2.75, 3.05) is 0 Å². The molecule has 0 atom stereocenters. The molecule has 0 aliphatic rings. The normalized spacial score (nSPS) is 10.9. The Labute approximate surface area is 158 Å². The third-order valence-electron chi connectivity index (χ3n) is 4.82. The highest BCUT2D eigenvalue weighted by molar-refractivity contribution is 6.02. The smallest absolute Gasteiger partial charge is 0.251 e. The predicted molar refractivity (Wildman–Crippen MR) is 105 cm³/mol. The van der Waals surface area contributed by atoms with E-state index in [0.29, 0.717) is 12.1 Å². The average Bonchev–Trinajstić information content (AvgIpc) is 2.93. The van der Waals surface area contributed by atoms with Gasteiger partial charge in [0.2, 0.25) is 0 Å². The van der Waals surface area contributed by atoms with E-state index < -0.39 is 5.91 Å². The second kappa shape index (κ2) is 8.16. The summed E-state index contributed by atoms with van der Waals surface area (Å²) < 4.78 is 15.6. The molecule has 3 rings (SSSR count). The van der Waals surface area contributed by atoms with Gasteiger partial charge in [0.1, 0.15) is 5.82 Å². The number of aromatic nitrogens is 2. The van der Waals surface area contributed by atoms with Gasteiger partial charge in [-0.2, -0.15) is 0 Å². The van der Waals surface area contributed by atoms with Crippen molar-refractivity contribution in [3.05, 3.63) is 77.1 Å². The lowest BCUT2D eigenvalue weighted by molar-refractivity contribution is 0.1000. The maximum absolute atomic E-state index is 13.4. The fraction of sp³-hybridized carbons (Fsp3) is 0.273. The molecule has 4 nitrogen and oxygen atoms in total. The molecule has 2 N–H and O–H groups in total. The number of nitrogens with zero attached hydrogens (tertiary/aromatic N) is 2. The lowest BCUT2D eigenvalue weighted by Crippen LogP contribution is -2.14. The van der Waals surface area contributed by atoms with Crippen LogP contribution in [0.2, 0.25) is 0 Å². The Morgan fingerprint density at radius 3 is 2.52 bits per heavy atom. The van der Waals surface area contributed by atoms with E-state index in [1.165, 1.54) is 12.1 Å². The van der Waals surface area contributed by atoms with E-state index in [1.807, 2.05) is 25.1 Å². The molecular weight excluding hydrogens is 341 g/mol. The number of carbonyl (C=O) groups is 1. The van der Waals surface area contributed by atoms with Gasteiger partial charge in [-0.3, -0.25) is 9.78 Å². The van der Waals surface area contributed by atoms with E-state index in [0.717, 1.165) is 47.5 Å². The van der Waals surface area contributed by atoms with Crippen LogP contribution in [-0.4, -0.2) is 15.5 Å². The molecule has 0 spiro atoms. The predicted octanol–water partition coefficient (Wildman–Crippen LogP) is 4.49. The molecule has 1 amide bonds. The third kappa shape index (κ3) is 3.92. The van der Waals surface area contributed by atoms with Gasteiger partial charge in [-0.05, 0) is 49.6 Å². The first kappa shape index (κ1) is 18.8. The second-order valence-corrected chi connectivity index (χ2v) is 6.66. The molecule has 0 radical (unpaired) electrons. The third-order valence-corrected chi connectivity index (χ3v) is 4.82. The van der Waals surface area contributed by atoms with Crippen molar-refractivity contribution in [1.82, 2.24) is 9.55 Å². The summed E-state index contributed by atoms with van der Waals surface area (Å²) in [4.78, 5) is 16.7. The minimum Gasteiger partial charge on any atom is -0.366 e. The van der Waals surface area contributed by atoms with Crippen LogP contribution < -0.4 is 5.73 Å². The number of unbranched alkanes of at least 4 members (excludes halogenated alkanes) is 1. The molecule has 27 heavy (non-hydrogen) atoms. The van der Waals surface area contributed by atoms with Crippen molar-refractivity contribution in [3.63, 3.8) is 0 Å². The highest BCUT2D eigenvalue weighted by Crippen LogP contribution is 2.34. The Balaban J connectivity index is 2.21. The van der Waals surface area contributed by atoms with Crippen molar-refractivity contribution >= 4 is 5.91 Å². The maximum atomic E-state index is 13.4. The van der Waals surface area contributed by atoms with E-state index in [1.54, 1.807) is 18.3 Å². The first-order valence-corrected chi connectivity index (χ1v) is 9.20. The number of pyridine rings is 1. The Kier molecular flexibility index (Phi) is 5.69. The molecule has 0 unspecified atom stereocenters. The molecule has 0 aliphatic carbocycles. The first-order valence-electron chi connectivity index (χ1n) is 9.20. The molecule has 2 aromatic heterocycles. The Morgan fingerprint density at radius 1 is 1.19 bits per heavy atom.